The molecular weight excluding hydrogens is 436 g/mol. The van der Waals surface area contributed by atoms with E-state index >= 15 is 0 Å². The average Bonchev–Trinajstić information content (AvgIpc) is 2.90. The lowest BCUT2D eigenvalue weighted by molar-refractivity contribution is 0.187. The van der Waals surface area contributed by atoms with Gasteiger partial charge in [-0.05, 0) is 69.4 Å². The van der Waals surface area contributed by atoms with E-state index in [9.17, 15) is 0 Å². The second kappa shape index (κ2) is 19.1. The van der Waals surface area contributed by atoms with Gasteiger partial charge in [0, 0.05) is 23.7 Å². The highest BCUT2D eigenvalue weighted by Crippen LogP contribution is 2.07. The number of hydrogen-bond acceptors (Lipinski definition) is 2. The second-order valence-electron chi connectivity index (χ2n) is 9.16. The first-order chi connectivity index (χ1) is 17.4. The zero-order valence-corrected chi connectivity index (χ0v) is 23.1. The van der Waals surface area contributed by atoms with Crippen LogP contribution in [-0.4, -0.2) is 17.6 Å². The van der Waals surface area contributed by atoms with Gasteiger partial charge in [0.25, 0.3) is 0 Å². The van der Waals surface area contributed by atoms with Crippen molar-refractivity contribution in [1.82, 2.24) is 5.01 Å². The van der Waals surface area contributed by atoms with Crippen molar-refractivity contribution < 1.29 is 0 Å². The molecule has 2 heteroatoms. The average molecular weight is 483 g/mol. The van der Waals surface area contributed by atoms with Crippen molar-refractivity contribution in [3.05, 3.63) is 119 Å². The molecule has 2 nitrogen and oxygen atoms in total. The van der Waals surface area contributed by atoms with Gasteiger partial charge in [-0.15, -0.1) is 0 Å². The monoisotopic (exact) mass is 482 g/mol. The molecule has 3 aromatic rings. The number of unbranched alkanes of at least 4 members (excludes halogenated alkanes) is 1. The van der Waals surface area contributed by atoms with Gasteiger partial charge in [-0.1, -0.05) is 117 Å². The fraction of sp³-hybridized carbons (Fsp3) is 0.353. The zero-order valence-electron chi connectivity index (χ0n) is 23.1. The maximum absolute atomic E-state index is 5.86. The van der Waals surface area contributed by atoms with Crippen LogP contribution in [0.25, 0.3) is 0 Å². The van der Waals surface area contributed by atoms with Crippen LogP contribution in [0.1, 0.15) is 75.6 Å². The van der Waals surface area contributed by atoms with Gasteiger partial charge in [-0.2, -0.15) is 0 Å². The number of rotatable bonds is 8. The summed E-state index contributed by atoms with van der Waals surface area (Å²) in [5, 5.41) is 1.99. The fourth-order valence-electron chi connectivity index (χ4n) is 3.52. The first kappa shape index (κ1) is 30.9. The van der Waals surface area contributed by atoms with Gasteiger partial charge in [0.2, 0.25) is 0 Å². The molecule has 0 atom stereocenters. The molecule has 3 aromatic carbocycles. The van der Waals surface area contributed by atoms with E-state index in [4.69, 9.17) is 5.84 Å². The van der Waals surface area contributed by atoms with E-state index < -0.39 is 0 Å². The summed E-state index contributed by atoms with van der Waals surface area (Å²) in [6, 6.07) is 29.2. The minimum Gasteiger partial charge on any atom is -0.269 e. The molecule has 0 fully saturated rings. The van der Waals surface area contributed by atoms with Crippen molar-refractivity contribution >= 4 is 0 Å². The van der Waals surface area contributed by atoms with Crippen LogP contribution in [0.4, 0.5) is 0 Å². The van der Waals surface area contributed by atoms with Gasteiger partial charge in [0.15, 0.2) is 0 Å². The van der Waals surface area contributed by atoms with E-state index in [-0.39, 0.29) is 0 Å². The number of allylic oxidation sites excluding steroid dienone is 1. The summed E-state index contributed by atoms with van der Waals surface area (Å²) in [7, 11) is 0. The van der Waals surface area contributed by atoms with Gasteiger partial charge in [0.1, 0.15) is 0 Å². The van der Waals surface area contributed by atoms with Crippen molar-refractivity contribution in [2.24, 2.45) is 5.84 Å². The van der Waals surface area contributed by atoms with Gasteiger partial charge in [-0.3, -0.25) is 5.84 Å². The fourth-order valence-corrected chi connectivity index (χ4v) is 3.52. The quantitative estimate of drug-likeness (QED) is 0.151. The zero-order chi connectivity index (χ0) is 26.6. The molecule has 0 saturated heterocycles. The van der Waals surface area contributed by atoms with Gasteiger partial charge in [-0.25, -0.2) is 5.01 Å². The lowest BCUT2D eigenvalue weighted by Crippen LogP contribution is -2.40. The number of benzene rings is 3. The van der Waals surface area contributed by atoms with Crippen LogP contribution in [0.15, 0.2) is 97.1 Å². The van der Waals surface area contributed by atoms with Crippen molar-refractivity contribution in [1.29, 1.82) is 0 Å². The molecule has 36 heavy (non-hydrogen) atoms. The van der Waals surface area contributed by atoms with Gasteiger partial charge < -0.3 is 0 Å². The standard InChI is InChI=1S/C14H10.C11H14.C9H22N2/c1-3-7-13(8-4-1)11-12-14-9-5-2-6-10-14;1-9(2)8-11-6-4-10(3)5-7-11;1-4-7-8-11(10)9(5-2)6-3/h1-10H;4-7H,1,8H2,2-3H3;9H,4-8,10H2,1-3H3. The molecule has 0 aliphatic rings. The predicted molar refractivity (Wildman–Crippen MR) is 159 cm³/mol. The Labute approximate surface area is 221 Å². The molecule has 0 aliphatic heterocycles. The predicted octanol–water partition coefficient (Wildman–Crippen LogP) is 8.35. The molecule has 2 N–H and O–H groups in total. The Balaban J connectivity index is 0.000000274. The van der Waals surface area contributed by atoms with E-state index in [0.717, 1.165) is 36.9 Å². The second-order valence-corrected chi connectivity index (χ2v) is 9.16. The molecule has 0 amide bonds. The topological polar surface area (TPSA) is 29.3 Å². The highest BCUT2D eigenvalue weighted by atomic mass is 15.4. The number of nitrogens with two attached hydrogens (primary N) is 1. The highest BCUT2D eigenvalue weighted by Gasteiger charge is 2.08. The van der Waals surface area contributed by atoms with E-state index in [1.807, 2.05) is 65.7 Å². The Morgan fingerprint density at radius 2 is 1.28 bits per heavy atom. The molecule has 0 heterocycles. The van der Waals surface area contributed by atoms with E-state index in [2.05, 4.69) is 77.3 Å². The number of aryl methyl sites for hydroxylation is 1. The number of nitrogens with zero attached hydrogens (tertiary/aromatic N) is 1. The van der Waals surface area contributed by atoms with Crippen molar-refractivity contribution in [2.75, 3.05) is 6.54 Å². The van der Waals surface area contributed by atoms with Crippen LogP contribution in [-0.2, 0) is 6.42 Å². The Morgan fingerprint density at radius 3 is 1.67 bits per heavy atom. The van der Waals surface area contributed by atoms with E-state index in [1.165, 1.54) is 29.5 Å². The lowest BCUT2D eigenvalue weighted by atomic mass is 10.1. The normalized spacial score (nSPS) is 9.89. The van der Waals surface area contributed by atoms with E-state index in [0.29, 0.717) is 6.04 Å². The summed E-state index contributed by atoms with van der Waals surface area (Å²) in [5.41, 5.74) is 5.99. The van der Waals surface area contributed by atoms with Crippen molar-refractivity contribution in [3.8, 4) is 11.8 Å². The Hall–Kier alpha value is -3.12. The maximum atomic E-state index is 5.86. The Bertz CT molecular complexity index is 964. The van der Waals surface area contributed by atoms with Gasteiger partial charge in [0.05, 0.1) is 0 Å². The van der Waals surface area contributed by atoms with Crippen LogP contribution >= 0.6 is 0 Å². The smallest absolute Gasteiger partial charge is 0.0249 e. The van der Waals surface area contributed by atoms with E-state index in [1.54, 1.807) is 0 Å². The third-order valence-corrected chi connectivity index (χ3v) is 5.71. The Morgan fingerprint density at radius 1 is 0.806 bits per heavy atom. The highest BCUT2D eigenvalue weighted by molar-refractivity contribution is 5.42. The van der Waals surface area contributed by atoms with Crippen LogP contribution in [0.3, 0.4) is 0 Å². The summed E-state index contributed by atoms with van der Waals surface area (Å²) in [4.78, 5) is 0. The number of hydrogen-bond donors (Lipinski definition) is 1. The van der Waals surface area contributed by atoms with Crippen LogP contribution in [0, 0.1) is 18.8 Å². The largest absolute Gasteiger partial charge is 0.269 e. The molecular formula is C34H46N2. The summed E-state index contributed by atoms with van der Waals surface area (Å²) in [6.07, 6.45) is 5.77. The molecule has 0 saturated carbocycles. The number of hydrazine groups is 1. The van der Waals surface area contributed by atoms with Crippen LogP contribution < -0.4 is 5.84 Å². The van der Waals surface area contributed by atoms with Crippen LogP contribution in [0.5, 0.6) is 0 Å². The molecule has 0 spiro atoms. The summed E-state index contributed by atoms with van der Waals surface area (Å²) in [6.45, 7) is 15.7. The van der Waals surface area contributed by atoms with Gasteiger partial charge >= 0.3 is 0 Å². The molecule has 0 aromatic heterocycles. The summed E-state index contributed by atoms with van der Waals surface area (Å²) in [5.74, 6) is 12.1. The molecule has 0 aliphatic carbocycles. The SMILES string of the molecule is C(#Cc1ccccc1)c1ccccc1.C=C(C)Cc1ccc(C)cc1.CCCCN(N)C(CC)CC. The first-order valence-corrected chi connectivity index (χ1v) is 13.2. The minimum absolute atomic E-state index is 0.585. The summed E-state index contributed by atoms with van der Waals surface area (Å²) < 4.78 is 0. The first-order valence-electron chi connectivity index (χ1n) is 13.2. The summed E-state index contributed by atoms with van der Waals surface area (Å²) >= 11 is 0. The third kappa shape index (κ3) is 14.3. The molecule has 0 unspecified atom stereocenters. The third-order valence-electron chi connectivity index (χ3n) is 5.71. The van der Waals surface area contributed by atoms with Crippen molar-refractivity contribution in [3.63, 3.8) is 0 Å². The molecule has 192 valence electrons. The van der Waals surface area contributed by atoms with Crippen molar-refractivity contribution in [2.45, 2.75) is 72.8 Å². The van der Waals surface area contributed by atoms with Crippen LogP contribution in [0.2, 0.25) is 0 Å². The molecule has 0 radical (unpaired) electrons. The molecule has 0 bridgehead atoms. The maximum Gasteiger partial charge on any atom is 0.0249 e. The minimum atomic E-state index is 0.585. The lowest BCUT2D eigenvalue weighted by Gasteiger charge is -2.24. The Kier molecular flexibility index (Phi) is 16.4. The molecule has 3 rings (SSSR count).